The number of esters is 1. The van der Waals surface area contributed by atoms with E-state index in [-0.39, 0.29) is 5.69 Å². The molecule has 0 atom stereocenters. The van der Waals surface area contributed by atoms with Crippen LogP contribution in [0.25, 0.3) is 11.3 Å². The molecule has 1 fully saturated rings. The quantitative estimate of drug-likeness (QED) is 0.791. The van der Waals surface area contributed by atoms with Gasteiger partial charge in [0.25, 0.3) is 0 Å². The molecule has 1 aromatic heterocycles. The zero-order chi connectivity index (χ0) is 13.9. The Kier molecular flexibility index (Phi) is 3.30. The van der Waals surface area contributed by atoms with Crippen LogP contribution in [0.2, 0.25) is 0 Å². The number of carbonyl (C=O) groups excluding carboxylic acids is 1. The van der Waals surface area contributed by atoms with Gasteiger partial charge in [0.1, 0.15) is 19.2 Å². The largest absolute Gasteiger partial charge is 0.464 e. The normalized spacial score (nSPS) is 13.8. The predicted molar refractivity (Wildman–Crippen MR) is 72.1 cm³/mol. The Hall–Kier alpha value is -2.47. The van der Waals surface area contributed by atoms with E-state index in [1.165, 1.54) is 13.3 Å². The zero-order valence-electron chi connectivity index (χ0n) is 10.9. The molecule has 0 saturated carbocycles. The zero-order valence-corrected chi connectivity index (χ0v) is 10.9. The smallest absolute Gasteiger partial charge is 0.358 e. The van der Waals surface area contributed by atoms with E-state index in [1.54, 1.807) is 0 Å². The molecule has 6 heteroatoms. The van der Waals surface area contributed by atoms with Crippen molar-refractivity contribution in [2.75, 3.05) is 25.5 Å². The van der Waals surface area contributed by atoms with Gasteiger partial charge in [0, 0.05) is 5.56 Å². The third-order valence-corrected chi connectivity index (χ3v) is 2.99. The maximum atomic E-state index is 11.6. The molecule has 102 valence electrons. The maximum Gasteiger partial charge on any atom is 0.358 e. The number of methoxy groups -OCH3 is 1. The Labute approximate surface area is 116 Å². The van der Waals surface area contributed by atoms with Gasteiger partial charge in [0.2, 0.25) is 0 Å². The van der Waals surface area contributed by atoms with Gasteiger partial charge < -0.3 is 14.4 Å². The van der Waals surface area contributed by atoms with Crippen molar-refractivity contribution in [1.29, 1.82) is 0 Å². The number of hydrogen-bond donors (Lipinski definition) is 0. The second-order valence-corrected chi connectivity index (χ2v) is 4.29. The van der Waals surface area contributed by atoms with Gasteiger partial charge >= 0.3 is 5.97 Å². The summed E-state index contributed by atoms with van der Waals surface area (Å²) in [5.74, 6) is 0.205. The lowest BCUT2D eigenvalue weighted by molar-refractivity contribution is 0.0396. The van der Waals surface area contributed by atoms with Crippen LogP contribution in [0, 0.1) is 0 Å². The minimum atomic E-state index is -0.499. The first-order valence-corrected chi connectivity index (χ1v) is 6.13. The molecule has 0 unspecified atom stereocenters. The number of nitrogens with zero attached hydrogens (tertiary/aromatic N) is 3. The second kappa shape index (κ2) is 5.26. The van der Waals surface area contributed by atoms with Gasteiger partial charge in [-0.15, -0.1) is 0 Å². The highest BCUT2D eigenvalue weighted by molar-refractivity contribution is 5.88. The Morgan fingerprint density at radius 2 is 2.05 bits per heavy atom. The van der Waals surface area contributed by atoms with Crippen molar-refractivity contribution >= 4 is 11.8 Å². The summed E-state index contributed by atoms with van der Waals surface area (Å²) in [6.07, 6.45) is 1.42. The van der Waals surface area contributed by atoms with E-state index in [9.17, 15) is 4.79 Å². The summed E-state index contributed by atoms with van der Waals surface area (Å²) in [4.78, 5) is 22.3. The van der Waals surface area contributed by atoms with Crippen molar-refractivity contribution in [1.82, 2.24) is 9.97 Å². The van der Waals surface area contributed by atoms with Crippen LogP contribution in [0.3, 0.4) is 0 Å². The number of anilines is 1. The van der Waals surface area contributed by atoms with E-state index >= 15 is 0 Å². The summed E-state index contributed by atoms with van der Waals surface area (Å²) in [5, 5.41) is 0. The molecule has 3 rings (SSSR count). The van der Waals surface area contributed by atoms with Gasteiger partial charge in [-0.25, -0.2) is 14.8 Å². The number of carbonyl (C=O) groups is 1. The van der Waals surface area contributed by atoms with Crippen molar-refractivity contribution in [2.45, 2.75) is 0 Å². The molecule has 0 N–H and O–H groups in total. The Morgan fingerprint density at radius 1 is 1.30 bits per heavy atom. The standard InChI is InChI=1S/C14H13N3O3/c1-19-14(18)11-7-15-13(17-8-20-9-17)12(16-11)10-5-3-2-4-6-10/h2-7H,8-9H2,1H3. The van der Waals surface area contributed by atoms with Crippen LogP contribution in [-0.2, 0) is 9.47 Å². The highest BCUT2D eigenvalue weighted by Crippen LogP contribution is 2.29. The minimum absolute atomic E-state index is 0.191. The Morgan fingerprint density at radius 3 is 2.65 bits per heavy atom. The minimum Gasteiger partial charge on any atom is -0.464 e. The van der Waals surface area contributed by atoms with Crippen molar-refractivity contribution in [2.24, 2.45) is 0 Å². The van der Waals surface area contributed by atoms with E-state index in [0.29, 0.717) is 25.0 Å². The predicted octanol–water partition coefficient (Wildman–Crippen LogP) is 1.68. The third-order valence-electron chi connectivity index (χ3n) is 2.99. The molecule has 0 amide bonds. The van der Waals surface area contributed by atoms with Crippen molar-refractivity contribution in [3.05, 3.63) is 42.2 Å². The summed E-state index contributed by atoms with van der Waals surface area (Å²) < 4.78 is 9.83. The highest BCUT2D eigenvalue weighted by Gasteiger charge is 2.23. The molecule has 1 aliphatic heterocycles. The van der Waals surface area contributed by atoms with Gasteiger partial charge in [-0.1, -0.05) is 30.3 Å². The molecule has 1 saturated heterocycles. The van der Waals surface area contributed by atoms with Gasteiger partial charge in [-0.2, -0.15) is 0 Å². The van der Waals surface area contributed by atoms with Crippen molar-refractivity contribution in [3.8, 4) is 11.3 Å². The molecular formula is C14H13N3O3. The monoisotopic (exact) mass is 271 g/mol. The average molecular weight is 271 g/mol. The average Bonchev–Trinajstić information content (AvgIpc) is 2.46. The molecule has 20 heavy (non-hydrogen) atoms. The number of hydrogen-bond acceptors (Lipinski definition) is 6. The summed E-state index contributed by atoms with van der Waals surface area (Å²) in [6, 6.07) is 9.61. The lowest BCUT2D eigenvalue weighted by Gasteiger charge is -2.32. The maximum absolute atomic E-state index is 11.6. The van der Waals surface area contributed by atoms with Crippen LogP contribution in [0.5, 0.6) is 0 Å². The Bertz CT molecular complexity index is 627. The summed E-state index contributed by atoms with van der Waals surface area (Å²) >= 11 is 0. The van der Waals surface area contributed by atoms with E-state index in [0.717, 1.165) is 5.56 Å². The molecule has 0 spiro atoms. The van der Waals surface area contributed by atoms with E-state index in [1.807, 2.05) is 35.2 Å². The molecule has 1 aliphatic rings. The number of benzene rings is 1. The fourth-order valence-electron chi connectivity index (χ4n) is 1.91. The molecule has 0 aliphatic carbocycles. The molecule has 6 nitrogen and oxygen atoms in total. The molecule has 1 aromatic carbocycles. The second-order valence-electron chi connectivity index (χ2n) is 4.29. The third kappa shape index (κ3) is 2.21. The summed E-state index contributed by atoms with van der Waals surface area (Å²) in [6.45, 7) is 0.957. The first-order chi connectivity index (χ1) is 9.79. The fraction of sp³-hybridized carbons (Fsp3) is 0.214. The topological polar surface area (TPSA) is 64.5 Å². The van der Waals surface area contributed by atoms with Crippen molar-refractivity contribution < 1.29 is 14.3 Å². The van der Waals surface area contributed by atoms with Gasteiger partial charge in [-0.05, 0) is 0 Å². The summed E-state index contributed by atoms with van der Waals surface area (Å²) in [7, 11) is 1.32. The van der Waals surface area contributed by atoms with E-state index in [4.69, 9.17) is 4.74 Å². The summed E-state index contributed by atoms with van der Waals surface area (Å²) in [5.41, 5.74) is 1.74. The van der Waals surface area contributed by atoms with Crippen LogP contribution >= 0.6 is 0 Å². The number of aromatic nitrogens is 2. The van der Waals surface area contributed by atoms with Crippen LogP contribution in [0.15, 0.2) is 36.5 Å². The van der Waals surface area contributed by atoms with Crippen molar-refractivity contribution in [3.63, 3.8) is 0 Å². The van der Waals surface area contributed by atoms with Gasteiger partial charge in [0.15, 0.2) is 11.5 Å². The number of rotatable bonds is 3. The van der Waals surface area contributed by atoms with Crippen LogP contribution in [0.4, 0.5) is 5.82 Å². The van der Waals surface area contributed by atoms with Gasteiger partial charge in [-0.3, -0.25) is 0 Å². The van der Waals surface area contributed by atoms with Crippen LogP contribution < -0.4 is 4.90 Å². The van der Waals surface area contributed by atoms with Crippen LogP contribution in [0.1, 0.15) is 10.5 Å². The Balaban J connectivity index is 2.09. The molecule has 2 aromatic rings. The highest BCUT2D eigenvalue weighted by atomic mass is 16.5. The molecule has 0 bridgehead atoms. The molecule has 2 heterocycles. The lowest BCUT2D eigenvalue weighted by atomic mass is 10.1. The van der Waals surface area contributed by atoms with Gasteiger partial charge in [0.05, 0.1) is 13.3 Å². The fourth-order valence-corrected chi connectivity index (χ4v) is 1.91. The van der Waals surface area contributed by atoms with E-state index < -0.39 is 5.97 Å². The molecular weight excluding hydrogens is 258 g/mol. The first kappa shape index (κ1) is 12.6. The van der Waals surface area contributed by atoms with E-state index in [2.05, 4.69) is 14.7 Å². The first-order valence-electron chi connectivity index (χ1n) is 6.13. The molecule has 0 radical (unpaired) electrons. The lowest BCUT2D eigenvalue weighted by Crippen LogP contribution is -2.41. The van der Waals surface area contributed by atoms with Crippen LogP contribution in [-0.4, -0.2) is 36.5 Å². The number of ether oxygens (including phenoxy) is 2. The SMILES string of the molecule is COC(=O)c1cnc(N2COC2)c(-c2ccccc2)n1.